The van der Waals surface area contributed by atoms with Crippen molar-refractivity contribution in [1.82, 2.24) is 9.38 Å². The van der Waals surface area contributed by atoms with Gasteiger partial charge in [0, 0.05) is 17.1 Å². The number of rotatable bonds is 2. The molecule has 0 spiro atoms. The van der Waals surface area contributed by atoms with Crippen LogP contribution in [0.15, 0.2) is 41.9 Å². The molecule has 0 radical (unpaired) electrons. The molecular formula is C12H9ClN2S. The van der Waals surface area contributed by atoms with Crippen LogP contribution in [0.1, 0.15) is 5.69 Å². The molecule has 0 amide bonds. The predicted octanol–water partition coefficient (Wildman–Crippen LogP) is 3.80. The molecule has 4 heteroatoms. The van der Waals surface area contributed by atoms with E-state index in [0.29, 0.717) is 5.88 Å². The van der Waals surface area contributed by atoms with Crippen molar-refractivity contribution < 1.29 is 0 Å². The number of halogens is 1. The Kier molecular flexibility index (Phi) is 2.42. The average Bonchev–Trinajstić information content (AvgIpc) is 2.89. The van der Waals surface area contributed by atoms with Crippen LogP contribution in [-0.4, -0.2) is 9.38 Å². The zero-order valence-electron chi connectivity index (χ0n) is 8.43. The smallest absolute Gasteiger partial charge is 0.194 e. The average molecular weight is 249 g/mol. The van der Waals surface area contributed by atoms with Crippen molar-refractivity contribution >= 4 is 27.9 Å². The molecule has 0 saturated carbocycles. The normalized spacial score (nSPS) is 11.1. The molecule has 0 unspecified atom stereocenters. The number of fused-ring (bicyclic) bond motifs is 1. The van der Waals surface area contributed by atoms with Gasteiger partial charge in [0.15, 0.2) is 4.96 Å². The lowest BCUT2D eigenvalue weighted by atomic mass is 10.1. The van der Waals surface area contributed by atoms with Crippen molar-refractivity contribution in [2.75, 3.05) is 0 Å². The third kappa shape index (κ3) is 1.44. The zero-order valence-corrected chi connectivity index (χ0v) is 10.0. The Balaban J connectivity index is 2.27. The lowest BCUT2D eigenvalue weighted by Gasteiger charge is -1.99. The summed E-state index contributed by atoms with van der Waals surface area (Å²) in [6.45, 7) is 0. The Morgan fingerprint density at radius 1 is 1.25 bits per heavy atom. The van der Waals surface area contributed by atoms with Crippen LogP contribution in [0.5, 0.6) is 0 Å². The fraction of sp³-hybridized carbons (Fsp3) is 0.0833. The lowest BCUT2D eigenvalue weighted by Crippen LogP contribution is -1.88. The topological polar surface area (TPSA) is 17.3 Å². The summed E-state index contributed by atoms with van der Waals surface area (Å²) in [5.41, 5.74) is 3.17. The monoisotopic (exact) mass is 248 g/mol. The SMILES string of the molecule is ClCc1c(-c2ccccc2)nc2sccn12. The van der Waals surface area contributed by atoms with Crippen molar-refractivity contribution in [3.8, 4) is 11.3 Å². The van der Waals surface area contributed by atoms with Gasteiger partial charge in [0.05, 0.1) is 17.3 Å². The standard InChI is InChI=1S/C12H9ClN2S/c13-8-10-11(9-4-2-1-3-5-9)14-12-15(10)6-7-16-12/h1-7H,8H2. The van der Waals surface area contributed by atoms with Crippen molar-refractivity contribution in [2.45, 2.75) is 5.88 Å². The van der Waals surface area contributed by atoms with Crippen LogP contribution in [0.3, 0.4) is 0 Å². The minimum Gasteiger partial charge on any atom is -0.293 e. The molecule has 3 aromatic rings. The molecule has 0 N–H and O–H groups in total. The molecule has 2 heterocycles. The van der Waals surface area contributed by atoms with Gasteiger partial charge in [-0.25, -0.2) is 4.98 Å². The number of alkyl halides is 1. The summed E-state index contributed by atoms with van der Waals surface area (Å²) in [4.78, 5) is 5.61. The highest BCUT2D eigenvalue weighted by Crippen LogP contribution is 2.27. The molecule has 2 aromatic heterocycles. The molecule has 0 bridgehead atoms. The first-order valence-electron chi connectivity index (χ1n) is 4.96. The van der Waals surface area contributed by atoms with E-state index in [1.54, 1.807) is 11.3 Å². The minimum absolute atomic E-state index is 0.474. The quantitative estimate of drug-likeness (QED) is 0.631. The second-order valence-electron chi connectivity index (χ2n) is 3.46. The number of nitrogens with zero attached hydrogens (tertiary/aromatic N) is 2. The maximum absolute atomic E-state index is 6.00. The molecular weight excluding hydrogens is 240 g/mol. The summed E-state index contributed by atoms with van der Waals surface area (Å²) in [6.07, 6.45) is 2.01. The van der Waals surface area contributed by atoms with Crippen molar-refractivity contribution in [2.24, 2.45) is 0 Å². The van der Waals surface area contributed by atoms with E-state index in [-0.39, 0.29) is 0 Å². The van der Waals surface area contributed by atoms with Gasteiger partial charge in [0.25, 0.3) is 0 Å². The second-order valence-corrected chi connectivity index (χ2v) is 4.60. The number of aromatic nitrogens is 2. The first kappa shape index (κ1) is 9.87. The van der Waals surface area contributed by atoms with Crippen LogP contribution in [0.25, 0.3) is 16.2 Å². The minimum atomic E-state index is 0.474. The molecule has 0 saturated heterocycles. The second kappa shape index (κ2) is 3.92. The van der Waals surface area contributed by atoms with Gasteiger partial charge in [-0.1, -0.05) is 30.3 Å². The van der Waals surface area contributed by atoms with E-state index in [4.69, 9.17) is 11.6 Å². The highest BCUT2D eigenvalue weighted by molar-refractivity contribution is 7.15. The van der Waals surface area contributed by atoms with Crippen LogP contribution in [0, 0.1) is 0 Å². The van der Waals surface area contributed by atoms with E-state index in [1.807, 2.05) is 29.8 Å². The molecule has 2 nitrogen and oxygen atoms in total. The maximum atomic E-state index is 6.00. The van der Waals surface area contributed by atoms with Gasteiger partial charge in [0.2, 0.25) is 0 Å². The molecule has 0 aliphatic heterocycles. The Morgan fingerprint density at radius 2 is 2.06 bits per heavy atom. The van der Waals surface area contributed by atoms with Gasteiger partial charge < -0.3 is 0 Å². The van der Waals surface area contributed by atoms with E-state index in [2.05, 4.69) is 21.5 Å². The summed E-state index contributed by atoms with van der Waals surface area (Å²) in [6, 6.07) is 10.1. The predicted molar refractivity (Wildman–Crippen MR) is 68.1 cm³/mol. The van der Waals surface area contributed by atoms with E-state index in [9.17, 15) is 0 Å². The van der Waals surface area contributed by atoms with Gasteiger partial charge in [0.1, 0.15) is 0 Å². The van der Waals surface area contributed by atoms with Gasteiger partial charge in [-0.3, -0.25) is 4.40 Å². The Morgan fingerprint density at radius 3 is 2.81 bits per heavy atom. The zero-order chi connectivity index (χ0) is 11.0. The third-order valence-electron chi connectivity index (χ3n) is 2.53. The van der Waals surface area contributed by atoms with Crippen LogP contribution in [0.2, 0.25) is 0 Å². The van der Waals surface area contributed by atoms with E-state index in [1.165, 1.54) is 0 Å². The van der Waals surface area contributed by atoms with Gasteiger partial charge in [-0.05, 0) is 0 Å². The Labute approximate surface area is 102 Å². The first-order chi connectivity index (χ1) is 7.90. The fourth-order valence-electron chi connectivity index (χ4n) is 1.79. The van der Waals surface area contributed by atoms with Crippen molar-refractivity contribution in [3.05, 3.63) is 47.6 Å². The van der Waals surface area contributed by atoms with Gasteiger partial charge in [-0.15, -0.1) is 22.9 Å². The molecule has 3 rings (SSSR count). The number of hydrogen-bond donors (Lipinski definition) is 0. The molecule has 80 valence electrons. The van der Waals surface area contributed by atoms with E-state index in [0.717, 1.165) is 21.9 Å². The molecule has 0 fully saturated rings. The number of imidazole rings is 1. The molecule has 0 atom stereocenters. The van der Waals surface area contributed by atoms with Crippen molar-refractivity contribution in [1.29, 1.82) is 0 Å². The maximum Gasteiger partial charge on any atom is 0.194 e. The highest BCUT2D eigenvalue weighted by atomic mass is 35.5. The number of benzene rings is 1. The lowest BCUT2D eigenvalue weighted by molar-refractivity contribution is 1.12. The third-order valence-corrected chi connectivity index (χ3v) is 3.54. The molecule has 16 heavy (non-hydrogen) atoms. The van der Waals surface area contributed by atoms with Gasteiger partial charge in [-0.2, -0.15) is 0 Å². The molecule has 1 aromatic carbocycles. The van der Waals surface area contributed by atoms with E-state index >= 15 is 0 Å². The summed E-state index contributed by atoms with van der Waals surface area (Å²) < 4.78 is 2.06. The molecule has 0 aliphatic carbocycles. The van der Waals surface area contributed by atoms with Crippen LogP contribution in [0.4, 0.5) is 0 Å². The van der Waals surface area contributed by atoms with Crippen LogP contribution < -0.4 is 0 Å². The first-order valence-corrected chi connectivity index (χ1v) is 6.37. The molecule has 0 aliphatic rings. The Hall–Kier alpha value is -1.32. The highest BCUT2D eigenvalue weighted by Gasteiger charge is 2.13. The largest absolute Gasteiger partial charge is 0.293 e. The summed E-state index contributed by atoms with van der Waals surface area (Å²) in [5.74, 6) is 0.474. The van der Waals surface area contributed by atoms with Gasteiger partial charge >= 0.3 is 0 Å². The summed E-state index contributed by atoms with van der Waals surface area (Å²) in [5, 5.41) is 2.02. The fourth-order valence-corrected chi connectivity index (χ4v) is 2.78. The van der Waals surface area contributed by atoms with E-state index < -0.39 is 0 Å². The summed E-state index contributed by atoms with van der Waals surface area (Å²) >= 11 is 7.63. The van der Waals surface area contributed by atoms with Crippen LogP contribution in [-0.2, 0) is 5.88 Å². The van der Waals surface area contributed by atoms with Crippen LogP contribution >= 0.6 is 22.9 Å². The summed E-state index contributed by atoms with van der Waals surface area (Å²) in [7, 11) is 0. The van der Waals surface area contributed by atoms with Crippen molar-refractivity contribution in [3.63, 3.8) is 0 Å². The number of thiazole rings is 1. The number of hydrogen-bond acceptors (Lipinski definition) is 2. The Bertz CT molecular complexity index is 612.